The molecule has 27 heavy (non-hydrogen) atoms. The molecule has 2 heterocycles. The van der Waals surface area contributed by atoms with Crippen molar-refractivity contribution >= 4 is 53.1 Å². The molecule has 1 spiro atoms. The quantitative estimate of drug-likeness (QED) is 0.746. The van der Waals surface area contributed by atoms with E-state index in [2.05, 4.69) is 17.3 Å². The number of amides is 1. The lowest BCUT2D eigenvalue weighted by atomic mass is 9.84. The van der Waals surface area contributed by atoms with Crippen molar-refractivity contribution in [3.8, 4) is 0 Å². The number of hydrogen-bond acceptors (Lipinski definition) is 3. The first-order chi connectivity index (χ1) is 12.1. The van der Waals surface area contributed by atoms with Gasteiger partial charge >= 0.3 is 0 Å². The number of benzene rings is 2. The van der Waals surface area contributed by atoms with Crippen molar-refractivity contribution in [3.63, 3.8) is 0 Å². The number of carbonyl (C=O) groups is 1. The van der Waals surface area contributed by atoms with E-state index in [0.29, 0.717) is 5.02 Å². The van der Waals surface area contributed by atoms with Crippen LogP contribution >= 0.6 is 36.4 Å². The summed E-state index contributed by atoms with van der Waals surface area (Å²) in [6.45, 7) is 4.56. The van der Waals surface area contributed by atoms with E-state index in [1.165, 1.54) is 0 Å². The van der Waals surface area contributed by atoms with Crippen LogP contribution in [0.1, 0.15) is 23.2 Å². The SMILES string of the molecule is CN1CCN(C(=O)c2cccc3c(Cl)cccc23)CC12CCNCC2.Cl.Cl. The van der Waals surface area contributed by atoms with E-state index < -0.39 is 0 Å². The highest BCUT2D eigenvalue weighted by atomic mass is 35.5. The highest BCUT2D eigenvalue weighted by molar-refractivity contribution is 6.36. The van der Waals surface area contributed by atoms with Gasteiger partial charge in [-0.05, 0) is 50.5 Å². The minimum Gasteiger partial charge on any atom is -0.335 e. The lowest BCUT2D eigenvalue weighted by Gasteiger charge is -2.51. The van der Waals surface area contributed by atoms with Gasteiger partial charge in [-0.3, -0.25) is 9.69 Å². The number of piperidine rings is 1. The monoisotopic (exact) mass is 429 g/mol. The summed E-state index contributed by atoms with van der Waals surface area (Å²) in [5.74, 6) is 0.124. The molecule has 2 aromatic carbocycles. The van der Waals surface area contributed by atoms with Crippen molar-refractivity contribution < 1.29 is 4.79 Å². The van der Waals surface area contributed by atoms with E-state index in [9.17, 15) is 4.79 Å². The van der Waals surface area contributed by atoms with Gasteiger partial charge in [0.15, 0.2) is 0 Å². The molecule has 0 unspecified atom stereocenters. The van der Waals surface area contributed by atoms with Crippen molar-refractivity contribution in [2.45, 2.75) is 18.4 Å². The maximum absolute atomic E-state index is 13.3. The first kappa shape index (κ1) is 22.3. The average molecular weight is 431 g/mol. The van der Waals surface area contributed by atoms with Gasteiger partial charge < -0.3 is 10.2 Å². The number of fused-ring (bicyclic) bond motifs is 1. The fraction of sp³-hybridized carbons (Fsp3) is 0.450. The van der Waals surface area contributed by atoms with Crippen LogP contribution in [-0.4, -0.2) is 61.0 Å². The Hall–Kier alpha value is -1.04. The van der Waals surface area contributed by atoms with Crippen LogP contribution in [0.3, 0.4) is 0 Å². The zero-order chi connectivity index (χ0) is 17.4. The Balaban J connectivity index is 0.00000131. The molecule has 4 nitrogen and oxygen atoms in total. The topological polar surface area (TPSA) is 35.6 Å². The van der Waals surface area contributed by atoms with Crippen LogP contribution in [0.15, 0.2) is 36.4 Å². The van der Waals surface area contributed by atoms with Crippen LogP contribution in [0, 0.1) is 0 Å². The standard InChI is InChI=1S/C20H24ClN3O.2ClH/c1-23-12-13-24(14-20(23)8-10-22-11-9-20)19(25)17-6-2-5-16-15(17)4-3-7-18(16)21;;/h2-7,22H,8-14H2,1H3;2*1H. The summed E-state index contributed by atoms with van der Waals surface area (Å²) in [7, 11) is 2.20. The zero-order valence-corrected chi connectivity index (χ0v) is 17.8. The summed E-state index contributed by atoms with van der Waals surface area (Å²) < 4.78 is 0. The molecule has 2 saturated heterocycles. The summed E-state index contributed by atoms with van der Waals surface area (Å²) in [5.41, 5.74) is 0.870. The largest absolute Gasteiger partial charge is 0.335 e. The average Bonchev–Trinajstić information content (AvgIpc) is 2.64. The molecule has 4 rings (SSSR count). The maximum atomic E-state index is 13.3. The van der Waals surface area contributed by atoms with E-state index in [0.717, 1.165) is 61.9 Å². The van der Waals surface area contributed by atoms with Crippen LogP contribution < -0.4 is 5.32 Å². The Labute approximate surface area is 178 Å². The molecule has 1 amide bonds. The Morgan fingerprint density at radius 2 is 1.70 bits per heavy atom. The molecule has 0 aromatic heterocycles. The minimum atomic E-state index is 0. The van der Waals surface area contributed by atoms with Crippen molar-refractivity contribution in [1.82, 2.24) is 15.1 Å². The summed E-state index contributed by atoms with van der Waals surface area (Å²) in [5, 5.41) is 6.02. The fourth-order valence-electron chi connectivity index (χ4n) is 4.30. The van der Waals surface area contributed by atoms with E-state index in [1.807, 2.05) is 41.3 Å². The third-order valence-corrected chi connectivity index (χ3v) is 6.25. The summed E-state index contributed by atoms with van der Waals surface area (Å²) >= 11 is 6.32. The van der Waals surface area contributed by atoms with Crippen molar-refractivity contribution in [1.29, 1.82) is 0 Å². The number of hydrogen-bond donors (Lipinski definition) is 1. The summed E-state index contributed by atoms with van der Waals surface area (Å²) in [4.78, 5) is 17.8. The van der Waals surface area contributed by atoms with Crippen LogP contribution in [-0.2, 0) is 0 Å². The first-order valence-electron chi connectivity index (χ1n) is 8.99. The predicted molar refractivity (Wildman–Crippen MR) is 117 cm³/mol. The van der Waals surface area contributed by atoms with Crippen molar-refractivity contribution in [2.75, 3.05) is 39.8 Å². The van der Waals surface area contributed by atoms with Gasteiger partial charge in [0.1, 0.15) is 0 Å². The molecule has 0 radical (unpaired) electrons. The zero-order valence-electron chi connectivity index (χ0n) is 15.4. The minimum absolute atomic E-state index is 0. The van der Waals surface area contributed by atoms with Crippen molar-refractivity contribution in [3.05, 3.63) is 47.0 Å². The van der Waals surface area contributed by atoms with Gasteiger partial charge in [0.25, 0.3) is 5.91 Å². The third-order valence-electron chi connectivity index (χ3n) is 5.92. The lowest BCUT2D eigenvalue weighted by molar-refractivity contribution is -0.000890. The Morgan fingerprint density at radius 1 is 1.04 bits per heavy atom. The second-order valence-electron chi connectivity index (χ2n) is 7.26. The van der Waals surface area contributed by atoms with E-state index in [4.69, 9.17) is 11.6 Å². The van der Waals surface area contributed by atoms with E-state index in [1.54, 1.807) is 0 Å². The molecule has 0 bridgehead atoms. The number of nitrogens with one attached hydrogen (secondary N) is 1. The molecule has 2 fully saturated rings. The molecule has 0 aliphatic carbocycles. The maximum Gasteiger partial charge on any atom is 0.254 e. The molecule has 1 N–H and O–H groups in total. The fourth-order valence-corrected chi connectivity index (χ4v) is 4.53. The van der Waals surface area contributed by atoms with Crippen molar-refractivity contribution in [2.24, 2.45) is 0 Å². The second kappa shape index (κ2) is 8.97. The first-order valence-corrected chi connectivity index (χ1v) is 9.37. The van der Waals surface area contributed by atoms with Gasteiger partial charge in [-0.1, -0.05) is 35.9 Å². The van der Waals surface area contributed by atoms with Gasteiger partial charge in [0, 0.05) is 41.1 Å². The van der Waals surface area contributed by atoms with E-state index >= 15 is 0 Å². The smallest absolute Gasteiger partial charge is 0.254 e. The van der Waals surface area contributed by atoms with Crippen LogP contribution in [0.5, 0.6) is 0 Å². The number of piperazine rings is 1. The van der Waals surface area contributed by atoms with Gasteiger partial charge in [0.2, 0.25) is 0 Å². The normalized spacial score (nSPS) is 19.4. The number of rotatable bonds is 1. The lowest BCUT2D eigenvalue weighted by Crippen LogP contribution is -2.64. The Morgan fingerprint density at radius 3 is 2.44 bits per heavy atom. The van der Waals surface area contributed by atoms with Crippen LogP contribution in [0.2, 0.25) is 5.02 Å². The molecule has 148 valence electrons. The molecule has 2 aliphatic rings. The molecular weight excluding hydrogens is 405 g/mol. The molecular formula is C20H26Cl3N3O. The molecule has 2 aliphatic heterocycles. The van der Waals surface area contributed by atoms with Crippen LogP contribution in [0.4, 0.5) is 0 Å². The highest BCUT2D eigenvalue weighted by Crippen LogP contribution is 2.31. The Kier molecular flexibility index (Phi) is 7.40. The summed E-state index contributed by atoms with van der Waals surface area (Å²) in [6.07, 6.45) is 2.18. The number of likely N-dealkylation sites (N-methyl/N-ethyl adjacent to an activating group) is 1. The van der Waals surface area contributed by atoms with Gasteiger partial charge in [-0.2, -0.15) is 0 Å². The number of nitrogens with zero attached hydrogens (tertiary/aromatic N) is 2. The van der Waals surface area contributed by atoms with E-state index in [-0.39, 0.29) is 36.3 Å². The second-order valence-corrected chi connectivity index (χ2v) is 7.67. The summed E-state index contributed by atoms with van der Waals surface area (Å²) in [6, 6.07) is 11.6. The van der Waals surface area contributed by atoms with Crippen LogP contribution in [0.25, 0.3) is 10.8 Å². The number of halogens is 3. The Bertz CT molecular complexity index is 808. The predicted octanol–water partition coefficient (Wildman–Crippen LogP) is 3.85. The molecule has 2 aromatic rings. The van der Waals surface area contributed by atoms with Gasteiger partial charge in [-0.15, -0.1) is 24.8 Å². The molecule has 7 heteroatoms. The highest BCUT2D eigenvalue weighted by Gasteiger charge is 2.42. The molecule has 0 saturated carbocycles. The third kappa shape index (κ3) is 4.06. The van der Waals surface area contributed by atoms with Gasteiger partial charge in [0.05, 0.1) is 0 Å². The number of carbonyl (C=O) groups excluding carboxylic acids is 1. The van der Waals surface area contributed by atoms with Gasteiger partial charge in [-0.25, -0.2) is 0 Å². The molecule has 0 atom stereocenters.